The predicted octanol–water partition coefficient (Wildman–Crippen LogP) is -0.324. The standard InChI is InChI=1S/C15H25N3O4S/c1-10-5-16-13(11(2)15(10)20)7-18-6-12(14(19)8-18)9-23(21,22)17(3)4/h5,12,14,19H,6-9H2,1-4H3,(H,16,20)/t12-,14+/m0/s1. The van der Waals surface area contributed by atoms with Crippen molar-refractivity contribution in [3.8, 4) is 0 Å². The van der Waals surface area contributed by atoms with E-state index in [9.17, 15) is 18.3 Å². The summed E-state index contributed by atoms with van der Waals surface area (Å²) in [5.74, 6) is -0.388. The van der Waals surface area contributed by atoms with Gasteiger partial charge in [0.1, 0.15) is 0 Å². The minimum Gasteiger partial charge on any atom is -0.391 e. The summed E-state index contributed by atoms with van der Waals surface area (Å²) in [6.45, 7) is 4.93. The number of sulfonamides is 1. The minimum atomic E-state index is -3.34. The molecule has 0 amide bonds. The first kappa shape index (κ1) is 18.1. The highest BCUT2D eigenvalue weighted by atomic mass is 32.2. The molecule has 2 N–H and O–H groups in total. The first-order valence-electron chi connectivity index (χ1n) is 7.60. The first-order valence-corrected chi connectivity index (χ1v) is 9.21. The van der Waals surface area contributed by atoms with Crippen LogP contribution < -0.4 is 5.43 Å². The molecule has 2 rings (SSSR count). The Hall–Kier alpha value is -1.22. The Morgan fingerprint density at radius 1 is 1.35 bits per heavy atom. The van der Waals surface area contributed by atoms with E-state index in [1.807, 2.05) is 4.90 Å². The largest absolute Gasteiger partial charge is 0.391 e. The third-order valence-electron chi connectivity index (χ3n) is 4.46. The zero-order chi connectivity index (χ0) is 17.4. The summed E-state index contributed by atoms with van der Waals surface area (Å²) < 4.78 is 25.1. The van der Waals surface area contributed by atoms with Gasteiger partial charge in [-0.15, -0.1) is 0 Å². The van der Waals surface area contributed by atoms with E-state index in [0.717, 1.165) is 5.69 Å². The molecule has 7 nitrogen and oxygen atoms in total. The van der Waals surface area contributed by atoms with Crippen molar-refractivity contribution in [3.63, 3.8) is 0 Å². The Morgan fingerprint density at radius 2 is 2.00 bits per heavy atom. The van der Waals surface area contributed by atoms with Crippen LogP contribution in [0.3, 0.4) is 0 Å². The monoisotopic (exact) mass is 343 g/mol. The van der Waals surface area contributed by atoms with Crippen LogP contribution in [0.4, 0.5) is 0 Å². The normalized spacial score (nSPS) is 22.9. The first-order chi connectivity index (χ1) is 10.6. The van der Waals surface area contributed by atoms with Crippen LogP contribution in [0.25, 0.3) is 0 Å². The lowest BCUT2D eigenvalue weighted by atomic mass is 10.1. The molecule has 0 spiro atoms. The van der Waals surface area contributed by atoms with Crippen molar-refractivity contribution in [1.29, 1.82) is 0 Å². The van der Waals surface area contributed by atoms with Crippen molar-refractivity contribution in [2.24, 2.45) is 5.92 Å². The van der Waals surface area contributed by atoms with Gasteiger partial charge in [-0.2, -0.15) is 0 Å². The van der Waals surface area contributed by atoms with Gasteiger partial charge in [-0.05, 0) is 13.8 Å². The Labute approximate surface area is 137 Å². The van der Waals surface area contributed by atoms with Crippen molar-refractivity contribution in [2.75, 3.05) is 32.9 Å². The smallest absolute Gasteiger partial charge is 0.214 e. The number of hydrogen-bond acceptors (Lipinski definition) is 5. The van der Waals surface area contributed by atoms with Crippen LogP contribution in [-0.2, 0) is 16.6 Å². The molecule has 1 aromatic heterocycles. The minimum absolute atomic E-state index is 0.0187. The summed E-state index contributed by atoms with van der Waals surface area (Å²) in [7, 11) is -0.353. The van der Waals surface area contributed by atoms with E-state index in [-0.39, 0.29) is 17.1 Å². The van der Waals surface area contributed by atoms with Crippen LogP contribution in [0.15, 0.2) is 11.0 Å². The van der Waals surface area contributed by atoms with Gasteiger partial charge in [0.15, 0.2) is 5.43 Å². The summed E-state index contributed by atoms with van der Waals surface area (Å²) in [5, 5.41) is 10.2. The highest BCUT2D eigenvalue weighted by Gasteiger charge is 2.35. The number of rotatable bonds is 5. The second-order valence-corrected chi connectivity index (χ2v) is 8.71. The lowest BCUT2D eigenvalue weighted by Gasteiger charge is -2.18. The van der Waals surface area contributed by atoms with E-state index >= 15 is 0 Å². The van der Waals surface area contributed by atoms with Crippen LogP contribution in [0, 0.1) is 19.8 Å². The molecule has 0 saturated carbocycles. The van der Waals surface area contributed by atoms with Gasteiger partial charge in [-0.1, -0.05) is 0 Å². The van der Waals surface area contributed by atoms with Crippen molar-refractivity contribution in [3.05, 3.63) is 33.2 Å². The van der Waals surface area contributed by atoms with Crippen LogP contribution in [0.5, 0.6) is 0 Å². The molecule has 1 saturated heterocycles. The number of H-pyrrole nitrogens is 1. The quantitative estimate of drug-likeness (QED) is 0.764. The third-order valence-corrected chi connectivity index (χ3v) is 6.42. The van der Waals surface area contributed by atoms with E-state index < -0.39 is 16.1 Å². The highest BCUT2D eigenvalue weighted by Crippen LogP contribution is 2.21. The number of aromatic amines is 1. The summed E-state index contributed by atoms with van der Waals surface area (Å²) in [6, 6.07) is 0. The van der Waals surface area contributed by atoms with Gasteiger partial charge < -0.3 is 10.1 Å². The predicted molar refractivity (Wildman–Crippen MR) is 88.8 cm³/mol. The van der Waals surface area contributed by atoms with Gasteiger partial charge in [0.2, 0.25) is 10.0 Å². The maximum Gasteiger partial charge on any atom is 0.214 e. The van der Waals surface area contributed by atoms with Gasteiger partial charge in [0.05, 0.1) is 11.9 Å². The van der Waals surface area contributed by atoms with Gasteiger partial charge in [-0.25, -0.2) is 12.7 Å². The molecular weight excluding hydrogens is 318 g/mol. The molecular formula is C15H25N3O4S. The molecule has 23 heavy (non-hydrogen) atoms. The highest BCUT2D eigenvalue weighted by molar-refractivity contribution is 7.89. The SMILES string of the molecule is Cc1c[nH]c(CN2C[C@@H](CS(=O)(=O)N(C)C)[C@H](O)C2)c(C)c1=O. The van der Waals surface area contributed by atoms with Crippen LogP contribution in [-0.4, -0.2) is 66.8 Å². The molecule has 0 unspecified atom stereocenters. The molecule has 0 aliphatic carbocycles. The second kappa shape index (κ2) is 6.72. The summed E-state index contributed by atoms with van der Waals surface area (Å²) in [4.78, 5) is 17.1. The Morgan fingerprint density at radius 3 is 2.61 bits per heavy atom. The molecule has 0 bridgehead atoms. The number of hydrogen-bond donors (Lipinski definition) is 2. The lowest BCUT2D eigenvalue weighted by molar-refractivity contribution is 0.148. The number of aryl methyl sites for hydroxylation is 1. The molecule has 0 radical (unpaired) electrons. The zero-order valence-corrected chi connectivity index (χ0v) is 14.9. The molecule has 1 fully saturated rings. The van der Waals surface area contributed by atoms with E-state index in [2.05, 4.69) is 4.98 Å². The lowest BCUT2D eigenvalue weighted by Crippen LogP contribution is -2.33. The zero-order valence-electron chi connectivity index (χ0n) is 14.0. The number of aliphatic hydroxyl groups excluding tert-OH is 1. The van der Waals surface area contributed by atoms with Crippen molar-refractivity contribution < 1.29 is 13.5 Å². The number of β-amino-alcohol motifs (C(OH)–C–C–N with tert-alkyl or cyclic N) is 1. The summed E-state index contributed by atoms with van der Waals surface area (Å²) >= 11 is 0. The molecule has 1 aliphatic heterocycles. The van der Waals surface area contributed by atoms with E-state index in [1.54, 1.807) is 20.0 Å². The van der Waals surface area contributed by atoms with E-state index in [0.29, 0.717) is 30.8 Å². The fraction of sp³-hybridized carbons (Fsp3) is 0.667. The number of nitrogens with one attached hydrogen (secondary N) is 1. The third kappa shape index (κ3) is 4.00. The fourth-order valence-electron chi connectivity index (χ4n) is 2.84. The van der Waals surface area contributed by atoms with Crippen molar-refractivity contribution in [2.45, 2.75) is 26.5 Å². The van der Waals surface area contributed by atoms with E-state index in [1.165, 1.54) is 18.4 Å². The summed E-state index contributed by atoms with van der Waals surface area (Å²) in [6.07, 6.45) is 1.01. The topological polar surface area (TPSA) is 93.7 Å². The number of likely N-dealkylation sites (tertiary alicyclic amines) is 1. The number of aromatic nitrogens is 1. The number of aliphatic hydroxyl groups is 1. The van der Waals surface area contributed by atoms with Crippen molar-refractivity contribution >= 4 is 10.0 Å². The van der Waals surface area contributed by atoms with Crippen LogP contribution in [0.2, 0.25) is 0 Å². The average molecular weight is 343 g/mol. The number of pyridine rings is 1. The number of nitrogens with zero attached hydrogens (tertiary/aromatic N) is 2. The van der Waals surface area contributed by atoms with Gasteiger partial charge in [0.25, 0.3) is 0 Å². The van der Waals surface area contributed by atoms with Crippen LogP contribution in [0.1, 0.15) is 16.8 Å². The molecule has 1 aromatic rings. The average Bonchev–Trinajstić information content (AvgIpc) is 2.79. The molecule has 2 atom stereocenters. The second-order valence-electron chi connectivity index (χ2n) is 6.49. The molecule has 1 aliphatic rings. The Balaban J connectivity index is 2.08. The Kier molecular flexibility index (Phi) is 5.30. The van der Waals surface area contributed by atoms with Gasteiger partial charge in [0, 0.05) is 62.7 Å². The van der Waals surface area contributed by atoms with E-state index in [4.69, 9.17) is 0 Å². The fourth-order valence-corrected chi connectivity index (χ4v) is 4.01. The Bertz CT molecular complexity index is 727. The maximum atomic E-state index is 12.0. The van der Waals surface area contributed by atoms with Crippen LogP contribution >= 0.6 is 0 Å². The van der Waals surface area contributed by atoms with Gasteiger partial charge >= 0.3 is 0 Å². The molecule has 130 valence electrons. The molecule has 2 heterocycles. The molecule has 8 heteroatoms. The van der Waals surface area contributed by atoms with Crippen molar-refractivity contribution in [1.82, 2.24) is 14.2 Å². The summed E-state index contributed by atoms with van der Waals surface area (Å²) in [5.41, 5.74) is 2.17. The molecule has 0 aromatic carbocycles. The van der Waals surface area contributed by atoms with Gasteiger partial charge in [-0.3, -0.25) is 9.69 Å². The maximum absolute atomic E-state index is 12.0.